The van der Waals surface area contributed by atoms with E-state index in [0.29, 0.717) is 13.0 Å². The van der Waals surface area contributed by atoms with E-state index in [1.165, 1.54) is 0 Å². The average Bonchev–Trinajstić information content (AvgIpc) is 3.31. The molecule has 2 amide bonds. The number of hydrogen-bond acceptors (Lipinski definition) is 5. The number of fused-ring (bicyclic) bond motifs is 1. The molecule has 2 saturated heterocycles. The van der Waals surface area contributed by atoms with E-state index in [2.05, 4.69) is 15.6 Å². The van der Waals surface area contributed by atoms with Crippen molar-refractivity contribution in [2.24, 2.45) is 0 Å². The Morgan fingerprint density at radius 2 is 2.33 bits per heavy atom. The van der Waals surface area contributed by atoms with Crippen LogP contribution in [0.25, 0.3) is 0 Å². The lowest BCUT2D eigenvalue weighted by atomic mass is 10.0. The predicted octanol–water partition coefficient (Wildman–Crippen LogP) is 1.27. The second-order valence-corrected chi connectivity index (χ2v) is 7.36. The molecule has 2 aliphatic rings. The Hall–Kier alpha value is -2.22. The fraction of sp³-hybridized carbons (Fsp3) is 0.500. The summed E-state index contributed by atoms with van der Waals surface area (Å²) in [5, 5.41) is 12.8. The van der Waals surface area contributed by atoms with E-state index in [-0.39, 0.29) is 23.6 Å². The number of carbonyl (C=O) groups is 2. The Balaban J connectivity index is 1.39. The van der Waals surface area contributed by atoms with Gasteiger partial charge in [0.05, 0.1) is 12.7 Å². The highest BCUT2D eigenvalue weighted by molar-refractivity contribution is 7.09. The predicted molar refractivity (Wildman–Crippen MR) is 88.7 cm³/mol. The fourth-order valence-corrected chi connectivity index (χ4v) is 4.20. The van der Waals surface area contributed by atoms with Crippen LogP contribution in [0.1, 0.15) is 41.0 Å². The minimum atomic E-state index is -0.428. The Morgan fingerprint density at radius 1 is 1.42 bits per heavy atom. The SMILES string of the molecule is O=C(NC1CC2CCCCN2C1=O)c1cn(Cc2cccs2)nn1. The minimum absolute atomic E-state index is 0.0408. The number of carbonyl (C=O) groups excluding carboxylic acids is 2. The molecule has 126 valence electrons. The normalized spacial score (nSPS) is 23.3. The zero-order chi connectivity index (χ0) is 16.5. The van der Waals surface area contributed by atoms with Crippen LogP contribution in [-0.4, -0.2) is 50.3 Å². The first-order chi connectivity index (χ1) is 11.7. The van der Waals surface area contributed by atoms with Gasteiger partial charge in [-0.25, -0.2) is 4.68 Å². The van der Waals surface area contributed by atoms with Crippen LogP contribution in [0.2, 0.25) is 0 Å². The molecule has 2 unspecified atom stereocenters. The first-order valence-corrected chi connectivity index (χ1v) is 9.12. The molecular formula is C16H19N5O2S. The van der Waals surface area contributed by atoms with Crippen molar-refractivity contribution in [3.8, 4) is 0 Å². The molecule has 2 aromatic heterocycles. The van der Waals surface area contributed by atoms with Gasteiger partial charge in [-0.3, -0.25) is 9.59 Å². The van der Waals surface area contributed by atoms with Crippen molar-refractivity contribution in [1.29, 1.82) is 0 Å². The van der Waals surface area contributed by atoms with Gasteiger partial charge >= 0.3 is 0 Å². The highest BCUT2D eigenvalue weighted by Gasteiger charge is 2.41. The van der Waals surface area contributed by atoms with Crippen LogP contribution in [0.5, 0.6) is 0 Å². The van der Waals surface area contributed by atoms with Crippen LogP contribution < -0.4 is 5.32 Å². The van der Waals surface area contributed by atoms with Crippen LogP contribution in [0, 0.1) is 0 Å². The van der Waals surface area contributed by atoms with Gasteiger partial charge < -0.3 is 10.2 Å². The van der Waals surface area contributed by atoms with Gasteiger partial charge in [0.2, 0.25) is 5.91 Å². The summed E-state index contributed by atoms with van der Waals surface area (Å²) in [7, 11) is 0. The van der Waals surface area contributed by atoms with Crippen molar-refractivity contribution in [3.63, 3.8) is 0 Å². The van der Waals surface area contributed by atoms with Crippen LogP contribution in [0.15, 0.2) is 23.7 Å². The fourth-order valence-electron chi connectivity index (χ4n) is 3.50. The molecule has 0 aliphatic carbocycles. The van der Waals surface area contributed by atoms with Gasteiger partial charge in [0.25, 0.3) is 5.91 Å². The lowest BCUT2D eigenvalue weighted by Crippen LogP contribution is -2.43. The Bertz CT molecular complexity index is 741. The molecule has 0 spiro atoms. The van der Waals surface area contributed by atoms with Gasteiger partial charge in [-0.2, -0.15) is 0 Å². The number of nitrogens with zero attached hydrogens (tertiary/aromatic N) is 4. The highest BCUT2D eigenvalue weighted by atomic mass is 32.1. The van der Waals surface area contributed by atoms with Gasteiger partial charge in [-0.15, -0.1) is 16.4 Å². The quantitative estimate of drug-likeness (QED) is 0.905. The third-order valence-electron chi connectivity index (χ3n) is 4.69. The minimum Gasteiger partial charge on any atom is -0.339 e. The first kappa shape index (κ1) is 15.3. The summed E-state index contributed by atoms with van der Waals surface area (Å²) in [5.74, 6) is -0.287. The zero-order valence-corrected chi connectivity index (χ0v) is 14.0. The molecule has 2 fully saturated rings. The summed E-state index contributed by atoms with van der Waals surface area (Å²) in [5.41, 5.74) is 0.254. The Labute approximate surface area is 143 Å². The number of amides is 2. The third kappa shape index (κ3) is 2.93. The van der Waals surface area contributed by atoms with Gasteiger partial charge in [0.15, 0.2) is 5.69 Å². The molecule has 0 radical (unpaired) electrons. The third-order valence-corrected chi connectivity index (χ3v) is 5.55. The van der Waals surface area contributed by atoms with E-state index in [1.54, 1.807) is 22.2 Å². The smallest absolute Gasteiger partial charge is 0.274 e. The lowest BCUT2D eigenvalue weighted by Gasteiger charge is -2.28. The zero-order valence-electron chi connectivity index (χ0n) is 13.2. The van der Waals surface area contributed by atoms with Crippen molar-refractivity contribution >= 4 is 23.2 Å². The first-order valence-electron chi connectivity index (χ1n) is 8.24. The largest absolute Gasteiger partial charge is 0.339 e. The Kier molecular flexibility index (Phi) is 4.05. The molecule has 24 heavy (non-hydrogen) atoms. The molecule has 7 nitrogen and oxygen atoms in total. The molecule has 2 aromatic rings. The molecular weight excluding hydrogens is 326 g/mol. The Morgan fingerprint density at radius 3 is 3.12 bits per heavy atom. The van der Waals surface area contributed by atoms with E-state index in [4.69, 9.17) is 0 Å². The van der Waals surface area contributed by atoms with Crippen LogP contribution in [0.4, 0.5) is 0 Å². The van der Waals surface area contributed by atoms with E-state index < -0.39 is 6.04 Å². The number of rotatable bonds is 4. The number of hydrogen-bond donors (Lipinski definition) is 1. The average molecular weight is 345 g/mol. The molecule has 0 aromatic carbocycles. The van der Waals surface area contributed by atoms with Gasteiger partial charge in [0.1, 0.15) is 6.04 Å². The molecule has 4 rings (SSSR count). The van der Waals surface area contributed by atoms with E-state index in [1.807, 2.05) is 22.4 Å². The van der Waals surface area contributed by atoms with Crippen molar-refractivity contribution in [2.45, 2.75) is 44.3 Å². The number of nitrogens with one attached hydrogen (secondary N) is 1. The van der Waals surface area contributed by atoms with Crippen molar-refractivity contribution in [3.05, 3.63) is 34.3 Å². The molecule has 0 bridgehead atoms. The molecule has 2 atom stereocenters. The molecule has 2 aliphatic heterocycles. The molecule has 0 saturated carbocycles. The van der Waals surface area contributed by atoms with E-state index in [0.717, 1.165) is 30.7 Å². The van der Waals surface area contributed by atoms with Crippen molar-refractivity contribution in [2.75, 3.05) is 6.54 Å². The van der Waals surface area contributed by atoms with Crippen molar-refractivity contribution in [1.82, 2.24) is 25.2 Å². The van der Waals surface area contributed by atoms with Gasteiger partial charge in [-0.1, -0.05) is 11.3 Å². The van der Waals surface area contributed by atoms with Crippen molar-refractivity contribution < 1.29 is 9.59 Å². The lowest BCUT2D eigenvalue weighted by molar-refractivity contribution is -0.131. The summed E-state index contributed by atoms with van der Waals surface area (Å²) >= 11 is 1.63. The monoisotopic (exact) mass is 345 g/mol. The summed E-state index contributed by atoms with van der Waals surface area (Å²) < 4.78 is 1.64. The second-order valence-electron chi connectivity index (χ2n) is 6.32. The van der Waals surface area contributed by atoms with E-state index in [9.17, 15) is 9.59 Å². The van der Waals surface area contributed by atoms with E-state index >= 15 is 0 Å². The topological polar surface area (TPSA) is 80.1 Å². The maximum absolute atomic E-state index is 12.4. The molecule has 1 N–H and O–H groups in total. The summed E-state index contributed by atoms with van der Waals surface area (Å²) in [6.07, 6.45) is 5.58. The van der Waals surface area contributed by atoms with Crippen LogP contribution in [-0.2, 0) is 11.3 Å². The standard InChI is InChI=1S/C16H19N5O2S/c22-15(14-10-20(19-18-14)9-12-5-3-7-24-12)17-13-8-11-4-1-2-6-21(11)16(13)23/h3,5,7,10-11,13H,1-2,4,6,8-9H2,(H,17,22). The van der Waals surface area contributed by atoms with Gasteiger partial charge in [0, 0.05) is 17.5 Å². The second kappa shape index (κ2) is 6.35. The summed E-state index contributed by atoms with van der Waals surface area (Å²) in [6, 6.07) is 3.85. The number of piperidine rings is 1. The molecule has 8 heteroatoms. The van der Waals surface area contributed by atoms with Crippen LogP contribution in [0.3, 0.4) is 0 Å². The van der Waals surface area contributed by atoms with Gasteiger partial charge in [-0.05, 0) is 37.1 Å². The molecule has 4 heterocycles. The summed E-state index contributed by atoms with van der Waals surface area (Å²) in [4.78, 5) is 27.8. The highest BCUT2D eigenvalue weighted by Crippen LogP contribution is 2.28. The van der Waals surface area contributed by atoms with Crippen LogP contribution >= 0.6 is 11.3 Å². The maximum Gasteiger partial charge on any atom is 0.274 e. The number of thiophene rings is 1. The maximum atomic E-state index is 12.4. The summed E-state index contributed by atoms with van der Waals surface area (Å²) in [6.45, 7) is 1.41. The number of aromatic nitrogens is 3.